The summed E-state index contributed by atoms with van der Waals surface area (Å²) in [6.45, 7) is 4.34. The van der Waals surface area contributed by atoms with Crippen molar-refractivity contribution in [3.8, 4) is 0 Å². The van der Waals surface area contributed by atoms with E-state index in [1.165, 1.54) is 5.56 Å². The Morgan fingerprint density at radius 1 is 1.47 bits per heavy atom. The van der Waals surface area contributed by atoms with Gasteiger partial charge in [-0.2, -0.15) is 0 Å². The number of carbonyl (C=O) groups excluding carboxylic acids is 1. The maximum Gasteiger partial charge on any atom is 0.267 e. The largest absolute Gasteiger partial charge is 0.351 e. The van der Waals surface area contributed by atoms with Gasteiger partial charge in [0.25, 0.3) is 5.91 Å². The quantitative estimate of drug-likeness (QED) is 0.750. The van der Waals surface area contributed by atoms with E-state index in [1.807, 2.05) is 38.1 Å². The fourth-order valence-corrected chi connectivity index (χ4v) is 1.72. The Kier molecular flexibility index (Phi) is 3.15. The van der Waals surface area contributed by atoms with Crippen LogP contribution in [0, 0.1) is 6.92 Å². The van der Waals surface area contributed by atoms with Gasteiger partial charge in [-0.15, -0.1) is 0 Å². The fraction of sp³-hybridized carbons (Fsp3) is 0.308. The Morgan fingerprint density at radius 3 is 2.94 bits per heavy atom. The van der Waals surface area contributed by atoms with Crippen molar-refractivity contribution in [1.29, 1.82) is 0 Å². The Balaban J connectivity index is 2.27. The summed E-state index contributed by atoms with van der Waals surface area (Å²) in [4.78, 5) is 15.0. The maximum atomic E-state index is 11.9. The number of benzene rings is 1. The molecular weight excluding hydrogens is 214 g/mol. The molecule has 1 aromatic heterocycles. The van der Waals surface area contributed by atoms with E-state index in [-0.39, 0.29) is 11.9 Å². The lowest BCUT2D eigenvalue weighted by Crippen LogP contribution is -2.37. The fourth-order valence-electron chi connectivity index (χ4n) is 1.72. The van der Waals surface area contributed by atoms with Crippen LogP contribution in [0.1, 0.15) is 23.0 Å². The van der Waals surface area contributed by atoms with Crippen molar-refractivity contribution >= 4 is 16.8 Å². The van der Waals surface area contributed by atoms with Crippen LogP contribution in [0.25, 0.3) is 10.9 Å². The number of fused-ring (bicyclic) bond motifs is 1. The van der Waals surface area contributed by atoms with Crippen molar-refractivity contribution in [3.05, 3.63) is 35.5 Å². The van der Waals surface area contributed by atoms with Crippen LogP contribution in [-0.2, 0) is 0 Å². The first-order valence-electron chi connectivity index (χ1n) is 5.70. The SMILES string of the molecule is Cc1ccc2cc(C(=O)NC(C)CN)[nH]c2c1. The molecule has 0 aliphatic heterocycles. The highest BCUT2D eigenvalue weighted by atomic mass is 16.1. The van der Waals surface area contributed by atoms with E-state index in [4.69, 9.17) is 5.73 Å². The number of rotatable bonds is 3. The Morgan fingerprint density at radius 2 is 2.24 bits per heavy atom. The lowest BCUT2D eigenvalue weighted by Gasteiger charge is -2.09. The molecular formula is C13H17N3O. The monoisotopic (exact) mass is 231 g/mol. The molecule has 4 nitrogen and oxygen atoms in total. The summed E-state index contributed by atoms with van der Waals surface area (Å²) in [5, 5.41) is 3.87. The lowest BCUT2D eigenvalue weighted by molar-refractivity contribution is 0.0937. The van der Waals surface area contributed by atoms with Crippen LogP contribution in [-0.4, -0.2) is 23.5 Å². The number of hydrogen-bond donors (Lipinski definition) is 3. The van der Waals surface area contributed by atoms with E-state index in [0.717, 1.165) is 10.9 Å². The zero-order valence-corrected chi connectivity index (χ0v) is 10.1. The molecule has 90 valence electrons. The Labute approximate surface area is 100 Å². The molecule has 0 saturated heterocycles. The number of carbonyl (C=O) groups is 1. The summed E-state index contributed by atoms with van der Waals surface area (Å²) in [5.74, 6) is -0.114. The molecule has 0 aliphatic rings. The second-order valence-electron chi connectivity index (χ2n) is 4.38. The molecule has 1 unspecified atom stereocenters. The summed E-state index contributed by atoms with van der Waals surface area (Å²) in [7, 11) is 0. The highest BCUT2D eigenvalue weighted by Crippen LogP contribution is 2.16. The summed E-state index contributed by atoms with van der Waals surface area (Å²) < 4.78 is 0. The predicted octanol–water partition coefficient (Wildman–Crippen LogP) is 1.55. The number of aromatic nitrogens is 1. The molecule has 17 heavy (non-hydrogen) atoms. The van der Waals surface area contributed by atoms with Crippen LogP contribution in [0.2, 0.25) is 0 Å². The second kappa shape index (κ2) is 4.59. The van der Waals surface area contributed by atoms with Crippen LogP contribution >= 0.6 is 0 Å². The topological polar surface area (TPSA) is 70.9 Å². The molecule has 1 amide bonds. The summed E-state index contributed by atoms with van der Waals surface area (Å²) in [5.41, 5.74) is 8.19. The molecule has 2 rings (SSSR count). The van der Waals surface area contributed by atoms with Gasteiger partial charge in [-0.1, -0.05) is 12.1 Å². The second-order valence-corrected chi connectivity index (χ2v) is 4.38. The predicted molar refractivity (Wildman–Crippen MR) is 69.0 cm³/mol. The van der Waals surface area contributed by atoms with E-state index in [1.54, 1.807) is 0 Å². The molecule has 1 atom stereocenters. The Hall–Kier alpha value is -1.81. The first kappa shape index (κ1) is 11.7. The molecule has 0 fully saturated rings. The molecule has 4 N–H and O–H groups in total. The minimum atomic E-state index is -0.114. The van der Waals surface area contributed by atoms with Gasteiger partial charge in [0.05, 0.1) is 0 Å². The summed E-state index contributed by atoms with van der Waals surface area (Å²) >= 11 is 0. The van der Waals surface area contributed by atoms with E-state index in [9.17, 15) is 4.79 Å². The molecule has 0 saturated carbocycles. The standard InChI is InChI=1S/C13H17N3O/c1-8-3-4-10-6-12(16-11(10)5-8)13(17)15-9(2)7-14/h3-6,9,16H,7,14H2,1-2H3,(H,15,17). The van der Waals surface area contributed by atoms with Crippen molar-refractivity contribution in [3.63, 3.8) is 0 Å². The van der Waals surface area contributed by atoms with Gasteiger partial charge in [-0.3, -0.25) is 4.79 Å². The van der Waals surface area contributed by atoms with Crippen LogP contribution in [0.5, 0.6) is 0 Å². The molecule has 1 aromatic carbocycles. The molecule has 1 heterocycles. The molecule has 4 heteroatoms. The minimum Gasteiger partial charge on any atom is -0.351 e. The molecule has 0 spiro atoms. The van der Waals surface area contributed by atoms with Crippen LogP contribution in [0.15, 0.2) is 24.3 Å². The van der Waals surface area contributed by atoms with Crippen LogP contribution in [0.4, 0.5) is 0 Å². The first-order chi connectivity index (χ1) is 8.10. The van der Waals surface area contributed by atoms with Gasteiger partial charge in [0.2, 0.25) is 0 Å². The van der Waals surface area contributed by atoms with Gasteiger partial charge >= 0.3 is 0 Å². The van der Waals surface area contributed by atoms with E-state index in [0.29, 0.717) is 12.2 Å². The zero-order chi connectivity index (χ0) is 12.4. The lowest BCUT2D eigenvalue weighted by atomic mass is 10.2. The summed E-state index contributed by atoms with van der Waals surface area (Å²) in [6.07, 6.45) is 0. The number of nitrogens with two attached hydrogens (primary N) is 1. The molecule has 0 bridgehead atoms. The van der Waals surface area contributed by atoms with Gasteiger partial charge in [-0.05, 0) is 31.5 Å². The van der Waals surface area contributed by atoms with Crippen molar-refractivity contribution in [1.82, 2.24) is 10.3 Å². The number of aryl methyl sites for hydroxylation is 1. The highest BCUT2D eigenvalue weighted by Gasteiger charge is 2.11. The summed E-state index contributed by atoms with van der Waals surface area (Å²) in [6, 6.07) is 7.90. The number of nitrogens with one attached hydrogen (secondary N) is 2. The van der Waals surface area contributed by atoms with Crippen molar-refractivity contribution in [2.75, 3.05) is 6.54 Å². The number of H-pyrrole nitrogens is 1. The number of hydrogen-bond acceptors (Lipinski definition) is 2. The first-order valence-corrected chi connectivity index (χ1v) is 5.70. The molecule has 0 radical (unpaired) electrons. The third-order valence-corrected chi connectivity index (χ3v) is 2.75. The average Bonchev–Trinajstić information content (AvgIpc) is 2.71. The molecule has 2 aromatic rings. The third kappa shape index (κ3) is 2.47. The number of amides is 1. The van der Waals surface area contributed by atoms with Gasteiger partial charge < -0.3 is 16.0 Å². The van der Waals surface area contributed by atoms with Crippen molar-refractivity contribution in [2.45, 2.75) is 19.9 Å². The highest BCUT2D eigenvalue weighted by molar-refractivity contribution is 5.98. The van der Waals surface area contributed by atoms with Gasteiger partial charge in [0, 0.05) is 23.5 Å². The number of aromatic amines is 1. The maximum absolute atomic E-state index is 11.9. The normalized spacial score (nSPS) is 12.6. The van der Waals surface area contributed by atoms with Crippen molar-refractivity contribution < 1.29 is 4.79 Å². The van der Waals surface area contributed by atoms with Crippen LogP contribution in [0.3, 0.4) is 0 Å². The zero-order valence-electron chi connectivity index (χ0n) is 10.1. The average molecular weight is 231 g/mol. The molecule has 0 aliphatic carbocycles. The van der Waals surface area contributed by atoms with Gasteiger partial charge in [0.1, 0.15) is 5.69 Å². The minimum absolute atomic E-state index is 0.0179. The smallest absolute Gasteiger partial charge is 0.267 e. The van der Waals surface area contributed by atoms with Crippen molar-refractivity contribution in [2.24, 2.45) is 5.73 Å². The van der Waals surface area contributed by atoms with Gasteiger partial charge in [-0.25, -0.2) is 0 Å². The van der Waals surface area contributed by atoms with E-state index < -0.39 is 0 Å². The Bertz CT molecular complexity index is 545. The van der Waals surface area contributed by atoms with Crippen LogP contribution < -0.4 is 11.1 Å². The van der Waals surface area contributed by atoms with E-state index in [2.05, 4.69) is 10.3 Å². The third-order valence-electron chi connectivity index (χ3n) is 2.75. The van der Waals surface area contributed by atoms with E-state index >= 15 is 0 Å². The van der Waals surface area contributed by atoms with Gasteiger partial charge in [0.15, 0.2) is 0 Å².